The molecule has 2 aromatic heterocycles. The summed E-state index contributed by atoms with van der Waals surface area (Å²) < 4.78 is 1.75. The van der Waals surface area contributed by atoms with Crippen molar-refractivity contribution in [2.24, 2.45) is 7.05 Å². The van der Waals surface area contributed by atoms with Crippen molar-refractivity contribution in [1.82, 2.24) is 19.7 Å². The van der Waals surface area contributed by atoms with E-state index in [-0.39, 0.29) is 0 Å². The predicted molar refractivity (Wildman–Crippen MR) is 69.3 cm³/mol. The molecule has 0 unspecified atom stereocenters. The van der Waals surface area contributed by atoms with Gasteiger partial charge in [0.1, 0.15) is 5.82 Å². The van der Waals surface area contributed by atoms with Gasteiger partial charge in [-0.15, -0.1) is 11.3 Å². The van der Waals surface area contributed by atoms with E-state index >= 15 is 0 Å². The third-order valence-electron chi connectivity index (χ3n) is 2.36. The minimum atomic E-state index is 0.492. The van der Waals surface area contributed by atoms with Crippen LogP contribution in [0.4, 0.5) is 5.95 Å². The van der Waals surface area contributed by atoms with Gasteiger partial charge in [-0.05, 0) is 6.92 Å². The highest BCUT2D eigenvalue weighted by Crippen LogP contribution is 2.21. The normalized spacial score (nSPS) is 11.1. The molecule has 2 aromatic rings. The molecule has 0 aliphatic carbocycles. The van der Waals surface area contributed by atoms with Gasteiger partial charge in [0.15, 0.2) is 0 Å². The van der Waals surface area contributed by atoms with Gasteiger partial charge in [-0.2, -0.15) is 10.1 Å². The maximum Gasteiger partial charge on any atom is 0.221 e. The second-order valence-electron chi connectivity index (χ2n) is 4.28. The van der Waals surface area contributed by atoms with Crippen LogP contribution < -0.4 is 5.32 Å². The van der Waals surface area contributed by atoms with E-state index in [1.165, 1.54) is 9.88 Å². The summed E-state index contributed by atoms with van der Waals surface area (Å²) in [7, 11) is 1.88. The molecular formula is C11H17N5S. The zero-order chi connectivity index (χ0) is 12.4. The highest BCUT2D eigenvalue weighted by atomic mass is 32.1. The summed E-state index contributed by atoms with van der Waals surface area (Å²) in [6.07, 6.45) is 1.93. The molecule has 0 bridgehead atoms. The average Bonchev–Trinajstić information content (AvgIpc) is 2.82. The molecule has 0 saturated heterocycles. The molecule has 0 aliphatic heterocycles. The smallest absolute Gasteiger partial charge is 0.221 e. The fraction of sp³-hybridized carbons (Fsp3) is 0.545. The average molecular weight is 251 g/mol. The van der Waals surface area contributed by atoms with Crippen molar-refractivity contribution in [2.75, 3.05) is 5.32 Å². The number of hydrogen-bond donors (Lipinski definition) is 1. The van der Waals surface area contributed by atoms with Crippen molar-refractivity contribution in [3.63, 3.8) is 0 Å². The SMILES string of the molecule is Cc1nc(NCc2cnc(C(C)C)s2)n(C)n1. The summed E-state index contributed by atoms with van der Waals surface area (Å²) in [5.74, 6) is 2.06. The Labute approximate surface area is 105 Å². The number of rotatable bonds is 4. The van der Waals surface area contributed by atoms with Crippen LogP contribution in [0, 0.1) is 6.92 Å². The van der Waals surface area contributed by atoms with Crippen LogP contribution in [0.5, 0.6) is 0 Å². The molecule has 6 heteroatoms. The first-order valence-corrected chi connectivity index (χ1v) is 6.44. The van der Waals surface area contributed by atoms with Gasteiger partial charge in [-0.1, -0.05) is 13.8 Å². The largest absolute Gasteiger partial charge is 0.349 e. The van der Waals surface area contributed by atoms with Gasteiger partial charge >= 0.3 is 0 Å². The molecule has 0 amide bonds. The lowest BCUT2D eigenvalue weighted by molar-refractivity contribution is 0.758. The third kappa shape index (κ3) is 2.82. The van der Waals surface area contributed by atoms with E-state index in [2.05, 4.69) is 34.2 Å². The highest BCUT2D eigenvalue weighted by Gasteiger charge is 2.07. The van der Waals surface area contributed by atoms with E-state index in [4.69, 9.17) is 0 Å². The Morgan fingerprint density at radius 2 is 2.24 bits per heavy atom. The number of thiazole rings is 1. The Morgan fingerprint density at radius 3 is 2.76 bits per heavy atom. The number of anilines is 1. The Bertz CT molecular complexity index is 500. The van der Waals surface area contributed by atoms with Crippen molar-refractivity contribution < 1.29 is 0 Å². The van der Waals surface area contributed by atoms with Crippen molar-refractivity contribution in [1.29, 1.82) is 0 Å². The van der Waals surface area contributed by atoms with E-state index in [9.17, 15) is 0 Å². The van der Waals surface area contributed by atoms with Gasteiger partial charge < -0.3 is 5.32 Å². The van der Waals surface area contributed by atoms with Crippen LogP contribution >= 0.6 is 11.3 Å². The van der Waals surface area contributed by atoms with Gasteiger partial charge in [-0.25, -0.2) is 9.67 Å². The summed E-state index contributed by atoms with van der Waals surface area (Å²) >= 11 is 1.74. The summed E-state index contributed by atoms with van der Waals surface area (Å²) in [6, 6.07) is 0. The maximum absolute atomic E-state index is 4.39. The van der Waals surface area contributed by atoms with Crippen LogP contribution in [-0.4, -0.2) is 19.7 Å². The fourth-order valence-corrected chi connectivity index (χ4v) is 2.36. The Morgan fingerprint density at radius 1 is 1.47 bits per heavy atom. The molecule has 2 rings (SSSR count). The van der Waals surface area contributed by atoms with Crippen molar-refractivity contribution >= 4 is 17.3 Å². The van der Waals surface area contributed by atoms with Gasteiger partial charge in [0, 0.05) is 24.0 Å². The molecule has 0 fully saturated rings. The summed E-state index contributed by atoms with van der Waals surface area (Å²) in [6.45, 7) is 6.94. The summed E-state index contributed by atoms with van der Waals surface area (Å²) in [5, 5.41) is 8.63. The minimum Gasteiger partial charge on any atom is -0.349 e. The summed E-state index contributed by atoms with van der Waals surface area (Å²) in [4.78, 5) is 9.90. The van der Waals surface area contributed by atoms with Crippen LogP contribution in [-0.2, 0) is 13.6 Å². The molecule has 0 radical (unpaired) electrons. The van der Waals surface area contributed by atoms with Crippen LogP contribution in [0.2, 0.25) is 0 Å². The molecule has 0 aromatic carbocycles. The Balaban J connectivity index is 2.00. The molecule has 0 saturated carbocycles. The third-order valence-corrected chi connectivity index (χ3v) is 3.65. The van der Waals surface area contributed by atoms with Crippen molar-refractivity contribution in [3.8, 4) is 0 Å². The highest BCUT2D eigenvalue weighted by molar-refractivity contribution is 7.11. The number of aromatic nitrogens is 4. The van der Waals surface area contributed by atoms with Crippen LogP contribution in [0.3, 0.4) is 0 Å². The molecule has 5 nitrogen and oxygen atoms in total. The Hall–Kier alpha value is -1.43. The molecule has 92 valence electrons. The Kier molecular flexibility index (Phi) is 3.42. The van der Waals surface area contributed by atoms with E-state index in [1.807, 2.05) is 20.2 Å². The summed E-state index contributed by atoms with van der Waals surface area (Å²) in [5.41, 5.74) is 0. The number of aryl methyl sites for hydroxylation is 2. The van der Waals surface area contributed by atoms with E-state index in [0.29, 0.717) is 5.92 Å². The monoisotopic (exact) mass is 251 g/mol. The zero-order valence-electron chi connectivity index (χ0n) is 10.6. The molecular weight excluding hydrogens is 234 g/mol. The van der Waals surface area contributed by atoms with E-state index in [1.54, 1.807) is 16.0 Å². The van der Waals surface area contributed by atoms with Gasteiger partial charge in [-0.3, -0.25) is 0 Å². The first kappa shape index (κ1) is 12.0. The standard InChI is InChI=1S/C11H17N5S/c1-7(2)10-12-5-9(17-10)6-13-11-14-8(3)15-16(11)4/h5,7H,6H2,1-4H3,(H,13,14,15). The molecule has 1 N–H and O–H groups in total. The van der Waals surface area contributed by atoms with Gasteiger partial charge in [0.05, 0.1) is 11.6 Å². The minimum absolute atomic E-state index is 0.492. The van der Waals surface area contributed by atoms with Crippen molar-refractivity contribution in [3.05, 3.63) is 21.9 Å². The van der Waals surface area contributed by atoms with E-state index < -0.39 is 0 Å². The van der Waals surface area contributed by atoms with Crippen LogP contribution in [0.1, 0.15) is 35.5 Å². The topological polar surface area (TPSA) is 55.6 Å². The van der Waals surface area contributed by atoms with Crippen LogP contribution in [0.25, 0.3) is 0 Å². The lowest BCUT2D eigenvalue weighted by atomic mass is 10.2. The van der Waals surface area contributed by atoms with Crippen LogP contribution in [0.15, 0.2) is 6.20 Å². The lowest BCUT2D eigenvalue weighted by Crippen LogP contribution is -2.04. The van der Waals surface area contributed by atoms with Gasteiger partial charge in [0.2, 0.25) is 5.95 Å². The molecule has 0 aliphatic rings. The first-order valence-electron chi connectivity index (χ1n) is 5.62. The molecule has 0 atom stereocenters. The van der Waals surface area contributed by atoms with Crippen molar-refractivity contribution in [2.45, 2.75) is 33.2 Å². The lowest BCUT2D eigenvalue weighted by Gasteiger charge is -2.02. The first-order chi connectivity index (χ1) is 8.06. The molecule has 2 heterocycles. The number of hydrogen-bond acceptors (Lipinski definition) is 5. The number of nitrogens with one attached hydrogen (secondary N) is 1. The quantitative estimate of drug-likeness (QED) is 0.906. The zero-order valence-corrected chi connectivity index (χ0v) is 11.4. The van der Waals surface area contributed by atoms with E-state index in [0.717, 1.165) is 18.3 Å². The molecule has 0 spiro atoms. The predicted octanol–water partition coefficient (Wildman–Crippen LogP) is 2.32. The van der Waals surface area contributed by atoms with Gasteiger partial charge in [0.25, 0.3) is 0 Å². The fourth-order valence-electron chi connectivity index (χ4n) is 1.50. The maximum atomic E-state index is 4.39. The second kappa shape index (κ2) is 4.83. The second-order valence-corrected chi connectivity index (χ2v) is 5.43. The number of nitrogens with zero attached hydrogens (tertiary/aromatic N) is 4. The molecule has 17 heavy (non-hydrogen) atoms.